The van der Waals surface area contributed by atoms with Crippen molar-refractivity contribution in [1.82, 2.24) is 0 Å². The summed E-state index contributed by atoms with van der Waals surface area (Å²) in [5.74, 6) is -0.487. The predicted molar refractivity (Wildman–Crippen MR) is 141 cm³/mol. The molecule has 0 amide bonds. The number of halogens is 1. The molecule has 0 spiro atoms. The summed E-state index contributed by atoms with van der Waals surface area (Å²) in [5, 5.41) is 10.1. The zero-order chi connectivity index (χ0) is 25.7. The van der Waals surface area contributed by atoms with Crippen molar-refractivity contribution in [2.24, 2.45) is 0 Å². The second kappa shape index (κ2) is 9.80. The summed E-state index contributed by atoms with van der Waals surface area (Å²) in [6.45, 7) is 1.83. The highest BCUT2D eigenvalue weighted by Gasteiger charge is 2.40. The lowest BCUT2D eigenvalue weighted by molar-refractivity contribution is -0.0000252. The molecule has 6 nitrogen and oxygen atoms in total. The fourth-order valence-corrected chi connectivity index (χ4v) is 5.26. The lowest BCUT2D eigenvalue weighted by Crippen LogP contribution is -3.00. The number of benzene rings is 3. The van der Waals surface area contributed by atoms with Crippen molar-refractivity contribution in [2.45, 2.75) is 25.9 Å². The average Bonchev–Trinajstić information content (AvgIpc) is 2.91. The molecule has 0 bridgehead atoms. The molecule has 1 aliphatic carbocycles. The molecule has 1 aromatic heterocycles. The van der Waals surface area contributed by atoms with Crippen molar-refractivity contribution in [2.75, 3.05) is 0 Å². The molecule has 6 rings (SSSR count). The van der Waals surface area contributed by atoms with Gasteiger partial charge in [-0.2, -0.15) is 0 Å². The smallest absolute Gasteiger partial charge is 0.362 e. The quantitative estimate of drug-likeness (QED) is 0.250. The van der Waals surface area contributed by atoms with Crippen LogP contribution in [-0.2, 0) is 11.2 Å². The number of hydrogen-bond acceptors (Lipinski definition) is 4. The molecule has 2 heterocycles. The van der Waals surface area contributed by atoms with E-state index in [0.29, 0.717) is 23.0 Å². The number of fused-ring (bicyclic) bond motifs is 3. The molecule has 0 fully saturated rings. The summed E-state index contributed by atoms with van der Waals surface area (Å²) in [6.07, 6.45) is 0.860. The van der Waals surface area contributed by atoms with E-state index in [-0.39, 0.29) is 29.3 Å². The summed E-state index contributed by atoms with van der Waals surface area (Å²) in [4.78, 5) is 36.0. The summed E-state index contributed by atoms with van der Waals surface area (Å²) in [6, 6.07) is 23.4. The van der Waals surface area contributed by atoms with Gasteiger partial charge in [0, 0.05) is 22.1 Å². The second-order valence-corrected chi connectivity index (χ2v) is 9.23. The Bertz CT molecular complexity index is 1730. The van der Waals surface area contributed by atoms with Crippen molar-refractivity contribution >= 4 is 34.1 Å². The molecule has 1 unspecified atom stereocenters. The Hall–Kier alpha value is -4.42. The third-order valence-electron chi connectivity index (χ3n) is 7.02. The molecule has 2 aliphatic rings. The zero-order valence-electron chi connectivity index (χ0n) is 20.4. The van der Waals surface area contributed by atoms with Crippen LogP contribution in [0.3, 0.4) is 0 Å². The zero-order valence-corrected chi connectivity index (χ0v) is 21.2. The number of carboxylic acids is 1. The molecular weight excluding hydrogens is 504 g/mol. The van der Waals surface area contributed by atoms with Crippen LogP contribution in [0.4, 0.5) is 0 Å². The molecule has 0 radical (unpaired) electrons. The van der Waals surface area contributed by atoms with Gasteiger partial charge in [0.2, 0.25) is 0 Å². The van der Waals surface area contributed by atoms with Crippen LogP contribution in [0.1, 0.15) is 46.0 Å². The van der Waals surface area contributed by atoms with Crippen molar-refractivity contribution in [3.8, 4) is 0 Å². The topological polar surface area (TPSA) is 98.1 Å². The number of ether oxygens (including phenoxy) is 1. The first-order valence-corrected chi connectivity index (χ1v) is 12.1. The Morgan fingerprint density at radius 3 is 2.45 bits per heavy atom. The largest absolute Gasteiger partial charge is 1.00 e. The number of carbonyl (C=O) groups is 1. The molecule has 7 heteroatoms. The van der Waals surface area contributed by atoms with E-state index in [1.165, 1.54) is 5.56 Å². The average molecular weight is 527 g/mol. The van der Waals surface area contributed by atoms with Crippen LogP contribution in [-0.4, -0.2) is 27.8 Å². The lowest BCUT2D eigenvalue weighted by atomic mass is 9.78. The van der Waals surface area contributed by atoms with E-state index in [1.807, 2.05) is 37.3 Å². The van der Waals surface area contributed by atoms with Crippen LogP contribution < -0.4 is 18.0 Å². The third kappa shape index (κ3) is 4.13. The van der Waals surface area contributed by atoms with E-state index in [2.05, 4.69) is 6.07 Å². The minimum absolute atomic E-state index is 0. The van der Waals surface area contributed by atoms with E-state index < -0.39 is 17.7 Å². The molecule has 0 saturated heterocycles. The van der Waals surface area contributed by atoms with Crippen LogP contribution in [0.15, 0.2) is 99.2 Å². The number of aryl methyl sites for hydroxylation is 1. The summed E-state index contributed by atoms with van der Waals surface area (Å²) < 4.78 is 11.9. The van der Waals surface area contributed by atoms with Crippen LogP contribution in [0.2, 0.25) is 0 Å². The van der Waals surface area contributed by atoms with Crippen molar-refractivity contribution in [1.29, 1.82) is 0 Å². The number of hydrogen-bond donors (Lipinski definition) is 1. The van der Waals surface area contributed by atoms with Crippen LogP contribution >= 0.6 is 0 Å². The van der Waals surface area contributed by atoms with E-state index in [4.69, 9.17) is 9.15 Å². The Balaban J connectivity index is 0.00000294. The number of carbonyl (C=O) groups excluding carboxylic acids is 1. The van der Waals surface area contributed by atoms with E-state index in [0.717, 1.165) is 34.5 Å². The van der Waals surface area contributed by atoms with Crippen molar-refractivity contribution in [3.05, 3.63) is 128 Å². The monoisotopic (exact) mass is 526 g/mol. The normalized spacial score (nSPS) is 16.3. The third-order valence-corrected chi connectivity index (χ3v) is 7.02. The van der Waals surface area contributed by atoms with E-state index in [9.17, 15) is 19.5 Å². The maximum atomic E-state index is 12.9. The van der Waals surface area contributed by atoms with Gasteiger partial charge in [0.25, 0.3) is 0 Å². The lowest BCUT2D eigenvalue weighted by Gasteiger charge is -2.33. The number of carboxylic acid groups (broad SMARTS) is 1. The molecule has 1 atom stereocenters. The molecule has 38 heavy (non-hydrogen) atoms. The van der Waals surface area contributed by atoms with Crippen molar-refractivity contribution in [3.63, 3.8) is 0 Å². The van der Waals surface area contributed by atoms with Gasteiger partial charge >= 0.3 is 17.4 Å². The van der Waals surface area contributed by atoms with Gasteiger partial charge in [-0.05, 0) is 55.2 Å². The van der Waals surface area contributed by atoms with Crippen molar-refractivity contribution < 1.29 is 36.3 Å². The molecule has 1 aliphatic heterocycles. The highest BCUT2D eigenvalue weighted by atomic mass is 35.5. The van der Waals surface area contributed by atoms with Gasteiger partial charge in [-0.25, -0.2) is 9.59 Å². The van der Waals surface area contributed by atoms with Gasteiger partial charge in [-0.15, -0.1) is 0 Å². The number of para-hydroxylation sites is 1. The SMILES string of the molecule is CC1OC2=C(CCc3ccccc32)C(c2ccc(C(=O)O)cc2)=C1C(=[OH+])c1cc2ccccc2oc1=O.[Cl-]. The van der Waals surface area contributed by atoms with Gasteiger partial charge in [0.05, 0.1) is 5.56 Å². The van der Waals surface area contributed by atoms with Gasteiger partial charge in [0.1, 0.15) is 23.0 Å². The summed E-state index contributed by atoms with van der Waals surface area (Å²) in [5.41, 5.74) is 5.02. The van der Waals surface area contributed by atoms with Gasteiger partial charge in [-0.1, -0.05) is 54.6 Å². The Kier molecular flexibility index (Phi) is 6.51. The second-order valence-electron chi connectivity index (χ2n) is 9.23. The maximum absolute atomic E-state index is 12.9. The standard InChI is InChI=1S/C31H22O6.ClH/c1-17-26(28(32)24-16-21-7-3-5-9-25(21)37-31(24)35)27(19-10-12-20(13-11-19)30(33)34)23-15-14-18-6-2-4-8-22(18)29(23)36-17;/h2-13,16-17H,14-15H2,1H3,(H,33,34);1H. The first-order valence-electron chi connectivity index (χ1n) is 12.1. The minimum atomic E-state index is -1.02. The van der Waals surface area contributed by atoms with Crippen LogP contribution in [0, 0.1) is 0 Å². The summed E-state index contributed by atoms with van der Waals surface area (Å²) >= 11 is 0. The highest BCUT2D eigenvalue weighted by Crippen LogP contribution is 2.46. The first kappa shape index (κ1) is 25.2. The summed E-state index contributed by atoms with van der Waals surface area (Å²) in [7, 11) is 0. The Morgan fingerprint density at radius 1 is 0.974 bits per heavy atom. The minimum Gasteiger partial charge on any atom is -1.00 e. The highest BCUT2D eigenvalue weighted by molar-refractivity contribution is 6.18. The number of rotatable bonds is 4. The molecule has 4 aromatic rings. The molecule has 190 valence electrons. The van der Waals surface area contributed by atoms with Gasteiger partial charge < -0.3 is 26.7 Å². The van der Waals surface area contributed by atoms with E-state index >= 15 is 0 Å². The number of allylic oxidation sites excluding steroid dienone is 2. The number of aromatic carboxylic acids is 1. The van der Waals surface area contributed by atoms with Crippen LogP contribution in [0.5, 0.6) is 0 Å². The first-order chi connectivity index (χ1) is 17.9. The predicted octanol–water partition coefficient (Wildman–Crippen LogP) is 2.62. The Labute approximate surface area is 224 Å². The fraction of sp³-hybridized carbons (Fsp3) is 0.129. The number of ketones is 1. The van der Waals surface area contributed by atoms with Gasteiger partial charge in [0.15, 0.2) is 5.56 Å². The molecule has 2 N–H and O–H groups in total. The van der Waals surface area contributed by atoms with Gasteiger partial charge in [-0.3, -0.25) is 4.79 Å². The fourth-order valence-electron chi connectivity index (χ4n) is 5.26. The van der Waals surface area contributed by atoms with Crippen LogP contribution in [0.25, 0.3) is 22.3 Å². The molecule has 0 saturated carbocycles. The Morgan fingerprint density at radius 2 is 1.68 bits per heavy atom. The molecular formula is C31H23ClO6. The maximum Gasteiger partial charge on any atom is 0.362 e. The van der Waals surface area contributed by atoms with E-state index in [1.54, 1.807) is 42.5 Å². The molecule has 3 aromatic carbocycles.